The van der Waals surface area contributed by atoms with E-state index in [9.17, 15) is 13.2 Å². The summed E-state index contributed by atoms with van der Waals surface area (Å²) in [6.45, 7) is 7.68. The van der Waals surface area contributed by atoms with Crippen molar-refractivity contribution in [1.82, 2.24) is 5.32 Å². The molecular formula is C20H27N3O3S. The third kappa shape index (κ3) is 6.29. The molecule has 0 aliphatic carbocycles. The number of carbonyl (C=O) groups excluding carboxylic acids is 1. The number of anilines is 2. The second kappa shape index (κ2) is 8.90. The Morgan fingerprint density at radius 1 is 0.963 bits per heavy atom. The Morgan fingerprint density at radius 3 is 2.22 bits per heavy atom. The molecule has 7 heteroatoms. The van der Waals surface area contributed by atoms with Crippen molar-refractivity contribution in [3.05, 3.63) is 59.7 Å². The van der Waals surface area contributed by atoms with Crippen molar-refractivity contribution >= 4 is 27.3 Å². The van der Waals surface area contributed by atoms with E-state index >= 15 is 0 Å². The van der Waals surface area contributed by atoms with E-state index in [1.165, 1.54) is 0 Å². The van der Waals surface area contributed by atoms with E-state index in [1.807, 2.05) is 44.2 Å². The number of sulfonamides is 1. The molecule has 0 spiro atoms. The van der Waals surface area contributed by atoms with Crippen LogP contribution in [0, 0.1) is 0 Å². The summed E-state index contributed by atoms with van der Waals surface area (Å²) in [6.07, 6.45) is 0. The monoisotopic (exact) mass is 389 g/mol. The zero-order valence-corrected chi connectivity index (χ0v) is 16.9. The summed E-state index contributed by atoms with van der Waals surface area (Å²) in [5, 5.41) is 5.66. The Morgan fingerprint density at radius 2 is 1.63 bits per heavy atom. The molecule has 0 unspecified atom stereocenters. The maximum Gasteiger partial charge on any atom is 0.251 e. The molecule has 0 saturated carbocycles. The van der Waals surface area contributed by atoms with Crippen molar-refractivity contribution in [2.75, 3.05) is 10.0 Å². The van der Waals surface area contributed by atoms with Crippen LogP contribution in [0.1, 0.15) is 43.6 Å². The highest BCUT2D eigenvalue weighted by Gasteiger charge is 2.15. The van der Waals surface area contributed by atoms with Crippen molar-refractivity contribution in [3.63, 3.8) is 0 Å². The second-order valence-corrected chi connectivity index (χ2v) is 9.19. The number of hydrogen-bond donors (Lipinski definition) is 3. The average molecular weight is 390 g/mol. The lowest BCUT2D eigenvalue weighted by Crippen LogP contribution is -2.30. The van der Waals surface area contributed by atoms with E-state index < -0.39 is 15.3 Å². The smallest absolute Gasteiger partial charge is 0.251 e. The van der Waals surface area contributed by atoms with Crippen LogP contribution in [0.2, 0.25) is 0 Å². The zero-order valence-electron chi connectivity index (χ0n) is 16.1. The standard InChI is InChI=1S/C20H27N3O3S/c1-14(2)22-20(24)17-6-5-7-19(12-17)21-13-16-8-10-18(11-9-16)23-27(25,26)15(3)4/h5-12,14-15,21,23H,13H2,1-4H3,(H,22,24). The van der Waals surface area contributed by atoms with E-state index in [4.69, 9.17) is 0 Å². The van der Waals surface area contributed by atoms with E-state index in [1.54, 1.807) is 32.0 Å². The summed E-state index contributed by atoms with van der Waals surface area (Å²) in [5.74, 6) is -0.101. The molecule has 27 heavy (non-hydrogen) atoms. The molecule has 0 atom stereocenters. The topological polar surface area (TPSA) is 87.3 Å². The summed E-state index contributed by atoms with van der Waals surface area (Å²) in [5.41, 5.74) is 2.99. The lowest BCUT2D eigenvalue weighted by atomic mass is 10.1. The van der Waals surface area contributed by atoms with Crippen LogP contribution < -0.4 is 15.4 Å². The molecule has 0 heterocycles. The molecular weight excluding hydrogens is 362 g/mol. The minimum absolute atomic E-state index is 0.0840. The Hall–Kier alpha value is -2.54. The van der Waals surface area contributed by atoms with Crippen LogP contribution in [0.4, 0.5) is 11.4 Å². The molecule has 2 aromatic rings. The van der Waals surface area contributed by atoms with Crippen LogP contribution in [0.5, 0.6) is 0 Å². The molecule has 0 bridgehead atoms. The fourth-order valence-corrected chi connectivity index (χ4v) is 2.99. The maximum atomic E-state index is 12.1. The van der Waals surface area contributed by atoms with Crippen LogP contribution in [-0.2, 0) is 16.6 Å². The molecule has 6 nitrogen and oxygen atoms in total. The average Bonchev–Trinajstić information content (AvgIpc) is 2.60. The van der Waals surface area contributed by atoms with Crippen molar-refractivity contribution in [2.24, 2.45) is 0 Å². The predicted octanol–water partition coefficient (Wildman–Crippen LogP) is 3.59. The minimum atomic E-state index is -3.34. The van der Waals surface area contributed by atoms with Gasteiger partial charge in [0.25, 0.3) is 5.91 Å². The highest BCUT2D eigenvalue weighted by atomic mass is 32.2. The summed E-state index contributed by atoms with van der Waals surface area (Å²) < 4.78 is 26.3. The van der Waals surface area contributed by atoms with Gasteiger partial charge in [-0.05, 0) is 63.6 Å². The summed E-state index contributed by atoms with van der Waals surface area (Å²) in [6, 6.07) is 14.6. The van der Waals surface area contributed by atoms with E-state index in [0.29, 0.717) is 17.8 Å². The van der Waals surface area contributed by atoms with Crippen LogP contribution in [0.15, 0.2) is 48.5 Å². The zero-order chi connectivity index (χ0) is 20.0. The second-order valence-electron chi connectivity index (χ2n) is 6.96. The first-order chi connectivity index (χ1) is 12.7. The van der Waals surface area contributed by atoms with E-state index in [-0.39, 0.29) is 11.9 Å². The largest absolute Gasteiger partial charge is 0.381 e. The third-order valence-corrected chi connectivity index (χ3v) is 5.64. The van der Waals surface area contributed by atoms with Gasteiger partial charge in [-0.3, -0.25) is 9.52 Å². The van der Waals surface area contributed by atoms with Crippen LogP contribution >= 0.6 is 0 Å². The lowest BCUT2D eigenvalue weighted by molar-refractivity contribution is 0.0943. The van der Waals surface area contributed by atoms with Gasteiger partial charge in [-0.25, -0.2) is 8.42 Å². The van der Waals surface area contributed by atoms with Crippen LogP contribution in [-0.4, -0.2) is 25.6 Å². The fraction of sp³-hybridized carbons (Fsp3) is 0.350. The SMILES string of the molecule is CC(C)NC(=O)c1cccc(NCc2ccc(NS(=O)(=O)C(C)C)cc2)c1. The number of hydrogen-bond acceptors (Lipinski definition) is 4. The molecule has 0 fully saturated rings. The lowest BCUT2D eigenvalue weighted by Gasteiger charge is -2.12. The van der Waals surface area contributed by atoms with Crippen molar-refractivity contribution < 1.29 is 13.2 Å². The Bertz CT molecular complexity index is 876. The number of nitrogens with one attached hydrogen (secondary N) is 3. The molecule has 1 amide bonds. The quantitative estimate of drug-likeness (QED) is 0.644. The Labute approximate surface area is 161 Å². The molecule has 2 rings (SSSR count). The normalized spacial score (nSPS) is 11.5. The molecule has 0 aromatic heterocycles. The van der Waals surface area contributed by atoms with Gasteiger partial charge in [0.1, 0.15) is 0 Å². The van der Waals surface area contributed by atoms with E-state index in [2.05, 4.69) is 15.4 Å². The van der Waals surface area contributed by atoms with Crippen molar-refractivity contribution in [3.8, 4) is 0 Å². The van der Waals surface area contributed by atoms with Crippen molar-refractivity contribution in [1.29, 1.82) is 0 Å². The first kappa shape index (κ1) is 20.8. The van der Waals surface area contributed by atoms with Crippen molar-refractivity contribution in [2.45, 2.75) is 45.5 Å². The molecule has 2 aromatic carbocycles. The fourth-order valence-electron chi connectivity index (χ4n) is 2.29. The predicted molar refractivity (Wildman–Crippen MR) is 110 cm³/mol. The summed E-state index contributed by atoms with van der Waals surface area (Å²) in [7, 11) is -3.34. The Kier molecular flexibility index (Phi) is 6.85. The van der Waals surface area contributed by atoms with Crippen LogP contribution in [0.3, 0.4) is 0 Å². The highest BCUT2D eigenvalue weighted by molar-refractivity contribution is 7.93. The number of benzene rings is 2. The van der Waals surface area contributed by atoms with Gasteiger partial charge in [0.05, 0.1) is 5.25 Å². The van der Waals surface area contributed by atoms with Gasteiger partial charge in [-0.15, -0.1) is 0 Å². The van der Waals surface area contributed by atoms with Crippen LogP contribution in [0.25, 0.3) is 0 Å². The number of carbonyl (C=O) groups is 1. The third-order valence-electron chi connectivity index (χ3n) is 3.88. The molecule has 146 valence electrons. The van der Waals surface area contributed by atoms with E-state index in [0.717, 1.165) is 11.3 Å². The first-order valence-corrected chi connectivity index (χ1v) is 10.5. The molecule has 0 aliphatic heterocycles. The number of rotatable bonds is 8. The van der Waals surface area contributed by atoms with Gasteiger partial charge in [0, 0.05) is 29.5 Å². The molecule has 0 radical (unpaired) electrons. The summed E-state index contributed by atoms with van der Waals surface area (Å²) >= 11 is 0. The minimum Gasteiger partial charge on any atom is -0.381 e. The van der Waals surface area contributed by atoms with Gasteiger partial charge < -0.3 is 10.6 Å². The van der Waals surface area contributed by atoms with Gasteiger partial charge in [-0.1, -0.05) is 18.2 Å². The highest BCUT2D eigenvalue weighted by Crippen LogP contribution is 2.16. The maximum absolute atomic E-state index is 12.1. The summed E-state index contributed by atoms with van der Waals surface area (Å²) in [4.78, 5) is 12.1. The van der Waals surface area contributed by atoms with Gasteiger partial charge >= 0.3 is 0 Å². The molecule has 3 N–H and O–H groups in total. The van der Waals surface area contributed by atoms with Gasteiger partial charge in [0.2, 0.25) is 10.0 Å². The first-order valence-electron chi connectivity index (χ1n) is 8.93. The molecule has 0 aliphatic rings. The van der Waals surface area contributed by atoms with Gasteiger partial charge in [0.15, 0.2) is 0 Å². The number of amides is 1. The molecule has 0 saturated heterocycles. The van der Waals surface area contributed by atoms with Gasteiger partial charge in [-0.2, -0.15) is 0 Å². The Balaban J connectivity index is 1.98.